The minimum absolute atomic E-state index is 0. The molecule has 0 aromatic heterocycles. The van der Waals surface area contributed by atoms with Gasteiger partial charge in [0.1, 0.15) is 0 Å². The molecule has 1 atom stereocenters. The van der Waals surface area contributed by atoms with E-state index in [2.05, 4.69) is 22.9 Å². The predicted molar refractivity (Wildman–Crippen MR) is 89.3 cm³/mol. The van der Waals surface area contributed by atoms with E-state index in [9.17, 15) is 4.79 Å². The van der Waals surface area contributed by atoms with Crippen LogP contribution in [0.15, 0.2) is 22.7 Å². The molecule has 1 aliphatic heterocycles. The van der Waals surface area contributed by atoms with Gasteiger partial charge in [0.25, 0.3) is 5.91 Å². The summed E-state index contributed by atoms with van der Waals surface area (Å²) >= 11 is 3.37. The van der Waals surface area contributed by atoms with Crippen molar-refractivity contribution in [3.8, 4) is 0 Å². The summed E-state index contributed by atoms with van der Waals surface area (Å²) in [4.78, 5) is 14.5. The van der Waals surface area contributed by atoms with Gasteiger partial charge >= 0.3 is 0 Å². The standard InChI is InChI=1S/C15H21BrN2O.ClH/c1-2-11-4-3-8-18(9-7-11)15(19)13-6-5-12(16)10-14(13)17;/h5-6,10-11H,2-4,7-9,17H2,1H3;1H. The molecular formula is C15H22BrClN2O. The number of hydrogen-bond donors (Lipinski definition) is 1. The lowest BCUT2D eigenvalue weighted by atomic mass is 9.98. The van der Waals surface area contributed by atoms with Gasteiger partial charge in [-0.15, -0.1) is 12.4 Å². The number of carbonyl (C=O) groups is 1. The van der Waals surface area contributed by atoms with Gasteiger partial charge in [0, 0.05) is 23.2 Å². The second kappa shape index (κ2) is 7.89. The van der Waals surface area contributed by atoms with Crippen LogP contribution in [0, 0.1) is 5.92 Å². The van der Waals surface area contributed by atoms with E-state index < -0.39 is 0 Å². The molecule has 0 spiro atoms. The lowest BCUT2D eigenvalue weighted by Crippen LogP contribution is -2.32. The molecule has 0 aliphatic carbocycles. The topological polar surface area (TPSA) is 46.3 Å². The fourth-order valence-corrected chi connectivity index (χ4v) is 3.05. The van der Waals surface area contributed by atoms with Crippen molar-refractivity contribution in [2.45, 2.75) is 32.6 Å². The number of carbonyl (C=O) groups excluding carboxylic acids is 1. The fourth-order valence-electron chi connectivity index (χ4n) is 2.68. The van der Waals surface area contributed by atoms with E-state index in [-0.39, 0.29) is 18.3 Å². The number of benzene rings is 1. The first-order chi connectivity index (χ1) is 9.11. The number of likely N-dealkylation sites (tertiary alicyclic amines) is 1. The Labute approximate surface area is 135 Å². The maximum atomic E-state index is 12.5. The van der Waals surface area contributed by atoms with Crippen LogP contribution in [0.2, 0.25) is 0 Å². The molecule has 112 valence electrons. The molecule has 0 radical (unpaired) electrons. The van der Waals surface area contributed by atoms with Gasteiger partial charge in [-0.05, 0) is 43.4 Å². The zero-order valence-corrected chi connectivity index (χ0v) is 14.2. The number of rotatable bonds is 2. The summed E-state index contributed by atoms with van der Waals surface area (Å²) in [6.45, 7) is 3.94. The lowest BCUT2D eigenvalue weighted by Gasteiger charge is -2.21. The van der Waals surface area contributed by atoms with Gasteiger partial charge in [-0.1, -0.05) is 29.3 Å². The second-order valence-corrected chi connectivity index (χ2v) is 6.14. The third-order valence-corrected chi connectivity index (χ3v) is 4.45. The summed E-state index contributed by atoms with van der Waals surface area (Å²) < 4.78 is 0.906. The molecule has 1 aromatic rings. The molecule has 20 heavy (non-hydrogen) atoms. The zero-order chi connectivity index (χ0) is 13.8. The van der Waals surface area contributed by atoms with Gasteiger partial charge in [0.05, 0.1) is 5.56 Å². The molecular weight excluding hydrogens is 340 g/mol. The van der Waals surface area contributed by atoms with Crippen molar-refractivity contribution in [2.24, 2.45) is 5.92 Å². The van der Waals surface area contributed by atoms with E-state index >= 15 is 0 Å². The van der Waals surface area contributed by atoms with E-state index in [1.807, 2.05) is 17.0 Å². The van der Waals surface area contributed by atoms with E-state index in [0.29, 0.717) is 11.3 Å². The Hall–Kier alpha value is -0.740. The number of nitrogen functional groups attached to an aromatic ring is 1. The third-order valence-electron chi connectivity index (χ3n) is 3.96. The van der Waals surface area contributed by atoms with Crippen LogP contribution in [-0.4, -0.2) is 23.9 Å². The van der Waals surface area contributed by atoms with Crippen LogP contribution in [0.1, 0.15) is 43.0 Å². The fraction of sp³-hybridized carbons (Fsp3) is 0.533. The van der Waals surface area contributed by atoms with E-state index in [0.717, 1.165) is 36.3 Å². The normalized spacial score (nSPS) is 19.1. The molecule has 2 N–H and O–H groups in total. The van der Waals surface area contributed by atoms with Crippen LogP contribution in [0.5, 0.6) is 0 Å². The van der Waals surface area contributed by atoms with Crippen molar-refractivity contribution in [3.63, 3.8) is 0 Å². The quantitative estimate of drug-likeness (QED) is 0.806. The van der Waals surface area contributed by atoms with E-state index in [1.165, 1.54) is 12.8 Å². The van der Waals surface area contributed by atoms with Crippen LogP contribution in [-0.2, 0) is 0 Å². The number of halogens is 2. The van der Waals surface area contributed by atoms with Crippen molar-refractivity contribution in [3.05, 3.63) is 28.2 Å². The van der Waals surface area contributed by atoms with Crippen molar-refractivity contribution >= 4 is 39.9 Å². The van der Waals surface area contributed by atoms with Crippen LogP contribution in [0.3, 0.4) is 0 Å². The Morgan fingerprint density at radius 1 is 1.40 bits per heavy atom. The molecule has 3 nitrogen and oxygen atoms in total. The predicted octanol–water partition coefficient (Wildman–Crippen LogP) is 4.11. The minimum atomic E-state index is 0. The summed E-state index contributed by atoms with van der Waals surface area (Å²) in [5.41, 5.74) is 7.12. The molecule has 1 aliphatic rings. The summed E-state index contributed by atoms with van der Waals surface area (Å²) in [5.74, 6) is 0.835. The highest BCUT2D eigenvalue weighted by Gasteiger charge is 2.22. The van der Waals surface area contributed by atoms with E-state index in [4.69, 9.17) is 5.73 Å². The van der Waals surface area contributed by atoms with Crippen molar-refractivity contribution in [1.29, 1.82) is 0 Å². The average Bonchev–Trinajstić information content (AvgIpc) is 2.63. The first-order valence-electron chi connectivity index (χ1n) is 6.96. The van der Waals surface area contributed by atoms with Crippen molar-refractivity contribution < 1.29 is 4.79 Å². The zero-order valence-electron chi connectivity index (χ0n) is 11.8. The molecule has 5 heteroatoms. The van der Waals surface area contributed by atoms with Crippen LogP contribution >= 0.6 is 28.3 Å². The molecule has 1 saturated heterocycles. The molecule has 1 aromatic carbocycles. The number of anilines is 1. The molecule has 1 heterocycles. The second-order valence-electron chi connectivity index (χ2n) is 5.23. The molecule has 1 amide bonds. The Balaban J connectivity index is 0.00000200. The first-order valence-corrected chi connectivity index (χ1v) is 7.75. The van der Waals surface area contributed by atoms with Crippen molar-refractivity contribution in [1.82, 2.24) is 4.90 Å². The number of hydrogen-bond acceptors (Lipinski definition) is 2. The Morgan fingerprint density at radius 3 is 2.80 bits per heavy atom. The highest BCUT2D eigenvalue weighted by atomic mass is 79.9. The summed E-state index contributed by atoms with van der Waals surface area (Å²) in [7, 11) is 0. The van der Waals surface area contributed by atoms with Gasteiger partial charge in [-0.3, -0.25) is 4.79 Å². The molecule has 2 rings (SSSR count). The number of nitrogens with two attached hydrogens (primary N) is 1. The number of amides is 1. The monoisotopic (exact) mass is 360 g/mol. The van der Waals surface area contributed by atoms with Crippen LogP contribution in [0.4, 0.5) is 5.69 Å². The van der Waals surface area contributed by atoms with Gasteiger partial charge in [0.2, 0.25) is 0 Å². The number of nitrogens with zero attached hydrogens (tertiary/aromatic N) is 1. The van der Waals surface area contributed by atoms with Crippen molar-refractivity contribution in [2.75, 3.05) is 18.8 Å². The van der Waals surface area contributed by atoms with Gasteiger partial charge in [-0.25, -0.2) is 0 Å². The van der Waals surface area contributed by atoms with Gasteiger partial charge in [0.15, 0.2) is 0 Å². The Kier molecular flexibility index (Phi) is 6.83. The molecule has 0 bridgehead atoms. The molecule has 1 unspecified atom stereocenters. The molecule has 0 saturated carbocycles. The largest absolute Gasteiger partial charge is 0.398 e. The summed E-state index contributed by atoms with van der Waals surface area (Å²) in [5, 5.41) is 0. The maximum absolute atomic E-state index is 12.5. The SMILES string of the molecule is CCC1CCCN(C(=O)c2ccc(Br)cc2N)CC1.Cl. The average molecular weight is 362 g/mol. The highest BCUT2D eigenvalue weighted by molar-refractivity contribution is 9.10. The third kappa shape index (κ3) is 4.13. The van der Waals surface area contributed by atoms with Gasteiger partial charge in [-0.2, -0.15) is 0 Å². The lowest BCUT2D eigenvalue weighted by molar-refractivity contribution is 0.0761. The Morgan fingerprint density at radius 2 is 2.15 bits per heavy atom. The molecule has 1 fully saturated rings. The van der Waals surface area contributed by atoms with Gasteiger partial charge < -0.3 is 10.6 Å². The van der Waals surface area contributed by atoms with E-state index in [1.54, 1.807) is 6.07 Å². The highest BCUT2D eigenvalue weighted by Crippen LogP contribution is 2.24. The Bertz CT molecular complexity index is 467. The smallest absolute Gasteiger partial charge is 0.255 e. The first kappa shape index (κ1) is 17.3. The minimum Gasteiger partial charge on any atom is -0.398 e. The van der Waals surface area contributed by atoms with Crippen LogP contribution in [0.25, 0.3) is 0 Å². The van der Waals surface area contributed by atoms with Crippen LogP contribution < -0.4 is 5.73 Å². The maximum Gasteiger partial charge on any atom is 0.255 e. The summed E-state index contributed by atoms with van der Waals surface area (Å²) in [6.07, 6.45) is 4.65. The summed E-state index contributed by atoms with van der Waals surface area (Å²) in [6, 6.07) is 5.47.